The Morgan fingerprint density at radius 1 is 1.21 bits per heavy atom. The van der Waals surface area contributed by atoms with Gasteiger partial charge < -0.3 is 0 Å². The number of piperazine rings is 1. The highest BCUT2D eigenvalue weighted by Crippen LogP contribution is 2.36. The Kier molecular flexibility index (Phi) is 3.14. The largest absolute Gasteiger partial charge is 0.295 e. The fraction of sp³-hybridized carbons (Fsp3) is 0.688. The highest BCUT2D eigenvalue weighted by Gasteiger charge is 2.46. The summed E-state index contributed by atoms with van der Waals surface area (Å²) < 4.78 is 0. The van der Waals surface area contributed by atoms with Crippen molar-refractivity contribution in [3.8, 4) is 0 Å². The smallest absolute Gasteiger partial charge is 0.0372 e. The average Bonchev–Trinajstić information content (AvgIpc) is 2.37. The number of nitrogens with zero attached hydrogens (tertiary/aromatic N) is 3. The van der Waals surface area contributed by atoms with E-state index in [0.717, 1.165) is 24.3 Å². The van der Waals surface area contributed by atoms with Crippen molar-refractivity contribution in [1.82, 2.24) is 14.8 Å². The summed E-state index contributed by atoms with van der Waals surface area (Å²) in [6, 6.07) is 5.84. The zero-order valence-corrected chi connectivity index (χ0v) is 12.6. The zero-order valence-electron chi connectivity index (χ0n) is 12.6. The number of pyridine rings is 1. The van der Waals surface area contributed by atoms with Gasteiger partial charge in [-0.2, -0.15) is 0 Å². The molecule has 3 nitrogen and oxygen atoms in total. The minimum Gasteiger partial charge on any atom is -0.295 e. The fourth-order valence-electron chi connectivity index (χ4n) is 3.30. The molecule has 0 saturated carbocycles. The van der Waals surface area contributed by atoms with Crippen LogP contribution in [0.25, 0.3) is 0 Å². The van der Waals surface area contributed by atoms with Crippen LogP contribution in [-0.4, -0.2) is 45.5 Å². The topological polar surface area (TPSA) is 19.4 Å². The highest BCUT2D eigenvalue weighted by atomic mass is 15.4. The molecule has 1 aromatic heterocycles. The summed E-state index contributed by atoms with van der Waals surface area (Å²) in [5, 5.41) is 0. The molecule has 2 unspecified atom stereocenters. The molecule has 3 rings (SSSR count). The van der Waals surface area contributed by atoms with E-state index >= 15 is 0 Å². The molecular weight excluding hydrogens is 234 g/mol. The fourth-order valence-corrected chi connectivity index (χ4v) is 3.30. The van der Waals surface area contributed by atoms with Crippen molar-refractivity contribution in [1.29, 1.82) is 0 Å². The van der Waals surface area contributed by atoms with E-state index in [1.165, 1.54) is 25.1 Å². The maximum absolute atomic E-state index is 4.40. The van der Waals surface area contributed by atoms with Crippen molar-refractivity contribution < 1.29 is 0 Å². The molecule has 2 fully saturated rings. The molecule has 2 saturated heterocycles. The van der Waals surface area contributed by atoms with Gasteiger partial charge in [-0.15, -0.1) is 0 Å². The lowest BCUT2D eigenvalue weighted by Gasteiger charge is -2.59. The second-order valence-corrected chi connectivity index (χ2v) is 7.10. The number of likely N-dealkylation sites (tertiary alicyclic amines) is 2. The van der Waals surface area contributed by atoms with Crippen LogP contribution in [0.15, 0.2) is 18.3 Å². The third kappa shape index (κ3) is 2.54. The lowest BCUT2D eigenvalue weighted by atomic mass is 9.84. The summed E-state index contributed by atoms with van der Waals surface area (Å²) in [6.45, 7) is 12.5. The van der Waals surface area contributed by atoms with E-state index in [2.05, 4.69) is 47.7 Å². The molecule has 19 heavy (non-hydrogen) atoms. The van der Waals surface area contributed by atoms with Crippen LogP contribution in [0.2, 0.25) is 0 Å². The number of piperidine rings is 1. The second kappa shape index (κ2) is 4.57. The molecule has 3 heteroatoms. The van der Waals surface area contributed by atoms with Gasteiger partial charge in [-0.05, 0) is 45.7 Å². The van der Waals surface area contributed by atoms with Crippen molar-refractivity contribution >= 4 is 0 Å². The number of fused-ring (bicyclic) bond motifs is 2. The Morgan fingerprint density at radius 2 is 1.89 bits per heavy atom. The predicted octanol–water partition coefficient (Wildman–Crippen LogP) is 2.45. The van der Waals surface area contributed by atoms with Crippen LogP contribution in [0.3, 0.4) is 0 Å². The normalized spacial score (nSPS) is 28.2. The van der Waals surface area contributed by atoms with E-state index in [-0.39, 0.29) is 0 Å². The average molecular weight is 259 g/mol. The lowest BCUT2D eigenvalue weighted by Crippen LogP contribution is -2.70. The van der Waals surface area contributed by atoms with Crippen LogP contribution < -0.4 is 0 Å². The van der Waals surface area contributed by atoms with Gasteiger partial charge >= 0.3 is 0 Å². The third-order valence-electron chi connectivity index (χ3n) is 4.63. The van der Waals surface area contributed by atoms with Crippen molar-refractivity contribution in [2.75, 3.05) is 13.1 Å². The van der Waals surface area contributed by atoms with Crippen molar-refractivity contribution in [3.63, 3.8) is 0 Å². The summed E-state index contributed by atoms with van der Waals surface area (Å²) in [7, 11) is 0. The van der Waals surface area contributed by atoms with Crippen molar-refractivity contribution in [2.24, 2.45) is 0 Å². The van der Waals surface area contributed by atoms with Crippen LogP contribution in [0.1, 0.15) is 38.4 Å². The highest BCUT2D eigenvalue weighted by molar-refractivity contribution is 5.15. The lowest BCUT2D eigenvalue weighted by molar-refractivity contribution is -0.0997. The van der Waals surface area contributed by atoms with Gasteiger partial charge in [0.2, 0.25) is 0 Å². The standard InChI is InChI=1S/C16H25N3/c1-12-5-6-13(8-17-12)9-19-14-7-15(19)11-18(10-14)16(2,3)4/h5-6,8,14-15H,7,9-11H2,1-4H3. The van der Waals surface area contributed by atoms with E-state index in [1.807, 2.05) is 13.1 Å². The number of hydrogen-bond donors (Lipinski definition) is 0. The van der Waals surface area contributed by atoms with E-state index in [0.29, 0.717) is 5.54 Å². The maximum Gasteiger partial charge on any atom is 0.0372 e. The number of aryl methyl sites for hydroxylation is 1. The maximum atomic E-state index is 4.40. The SMILES string of the molecule is Cc1ccc(CN2C3CC2CN(C(C)(C)C)C3)cn1. The summed E-state index contributed by atoms with van der Waals surface area (Å²) in [4.78, 5) is 9.70. The molecule has 0 aromatic carbocycles. The summed E-state index contributed by atoms with van der Waals surface area (Å²) >= 11 is 0. The van der Waals surface area contributed by atoms with Gasteiger partial charge in [-0.25, -0.2) is 0 Å². The minimum atomic E-state index is 0.314. The molecular formula is C16H25N3. The first-order valence-corrected chi connectivity index (χ1v) is 7.36. The molecule has 104 valence electrons. The molecule has 2 aliphatic heterocycles. The molecule has 0 radical (unpaired) electrons. The van der Waals surface area contributed by atoms with E-state index < -0.39 is 0 Å². The molecule has 0 aliphatic carbocycles. The molecule has 3 heterocycles. The first-order chi connectivity index (χ1) is 8.93. The van der Waals surface area contributed by atoms with E-state index in [4.69, 9.17) is 0 Å². The molecule has 2 aliphatic rings. The third-order valence-corrected chi connectivity index (χ3v) is 4.63. The van der Waals surface area contributed by atoms with Gasteiger partial charge in [0.25, 0.3) is 0 Å². The molecule has 0 spiro atoms. The van der Waals surface area contributed by atoms with Gasteiger partial charge in [0.1, 0.15) is 0 Å². The van der Waals surface area contributed by atoms with Crippen LogP contribution in [0, 0.1) is 6.92 Å². The van der Waals surface area contributed by atoms with Gasteiger partial charge in [-0.1, -0.05) is 6.07 Å². The van der Waals surface area contributed by atoms with E-state index in [1.54, 1.807) is 0 Å². The van der Waals surface area contributed by atoms with Crippen LogP contribution in [0.5, 0.6) is 0 Å². The van der Waals surface area contributed by atoms with Crippen molar-refractivity contribution in [2.45, 2.75) is 58.3 Å². The quantitative estimate of drug-likeness (QED) is 0.813. The molecule has 0 N–H and O–H groups in total. The Bertz CT molecular complexity index is 434. The number of aromatic nitrogens is 1. The zero-order chi connectivity index (χ0) is 13.6. The van der Waals surface area contributed by atoms with Crippen molar-refractivity contribution in [3.05, 3.63) is 29.6 Å². The van der Waals surface area contributed by atoms with Gasteiger partial charge in [0.05, 0.1) is 0 Å². The minimum absolute atomic E-state index is 0.314. The number of hydrogen-bond acceptors (Lipinski definition) is 3. The van der Waals surface area contributed by atoms with Gasteiger partial charge in [0, 0.05) is 49.1 Å². The molecule has 0 amide bonds. The predicted molar refractivity (Wildman–Crippen MR) is 78.0 cm³/mol. The number of rotatable bonds is 2. The summed E-state index contributed by atoms with van der Waals surface area (Å²) in [6.07, 6.45) is 3.41. The summed E-state index contributed by atoms with van der Waals surface area (Å²) in [5.41, 5.74) is 2.77. The molecule has 2 bridgehead atoms. The Balaban J connectivity index is 1.63. The van der Waals surface area contributed by atoms with Crippen LogP contribution in [-0.2, 0) is 6.54 Å². The van der Waals surface area contributed by atoms with Gasteiger partial charge in [-0.3, -0.25) is 14.8 Å². The monoisotopic (exact) mass is 259 g/mol. The van der Waals surface area contributed by atoms with Crippen LogP contribution >= 0.6 is 0 Å². The molecule has 2 atom stereocenters. The Morgan fingerprint density at radius 3 is 2.42 bits per heavy atom. The molecule has 1 aromatic rings. The Hall–Kier alpha value is -0.930. The van der Waals surface area contributed by atoms with Gasteiger partial charge in [0.15, 0.2) is 0 Å². The summed E-state index contributed by atoms with van der Waals surface area (Å²) in [5.74, 6) is 0. The first-order valence-electron chi connectivity index (χ1n) is 7.36. The first kappa shape index (κ1) is 13.1. The second-order valence-electron chi connectivity index (χ2n) is 7.10. The van der Waals surface area contributed by atoms with Crippen LogP contribution in [0.4, 0.5) is 0 Å². The van der Waals surface area contributed by atoms with E-state index in [9.17, 15) is 0 Å². The Labute approximate surface area is 116 Å².